The van der Waals surface area contributed by atoms with Crippen LogP contribution in [0.2, 0.25) is 0 Å². The van der Waals surface area contributed by atoms with Gasteiger partial charge in [0.15, 0.2) is 0 Å². The maximum atomic E-state index is 13.0. The van der Waals surface area contributed by atoms with Gasteiger partial charge in [-0.3, -0.25) is 18.4 Å². The minimum absolute atomic E-state index is 0.0211. The highest BCUT2D eigenvalue weighted by Crippen LogP contribution is 2.18. The highest BCUT2D eigenvalue weighted by Gasteiger charge is 2.18. The quantitative estimate of drug-likeness (QED) is 0.0609. The minimum atomic E-state index is -2.59. The third kappa shape index (κ3) is 15.3. The number of halogens is 2. The van der Waals surface area contributed by atoms with E-state index in [0.717, 1.165) is 29.5 Å². The van der Waals surface area contributed by atoms with Crippen LogP contribution < -0.4 is 5.73 Å². The van der Waals surface area contributed by atoms with Crippen molar-refractivity contribution in [3.63, 3.8) is 0 Å². The summed E-state index contributed by atoms with van der Waals surface area (Å²) in [4.78, 5) is 16.5. The van der Waals surface area contributed by atoms with Crippen molar-refractivity contribution in [2.24, 2.45) is 10.7 Å². The Morgan fingerprint density at radius 3 is 2.41 bits per heavy atom. The number of aliphatic hydroxyl groups is 1. The van der Waals surface area contributed by atoms with Gasteiger partial charge in [-0.25, -0.2) is 0 Å². The molecule has 3 N–H and O–H groups in total. The Labute approximate surface area is 246 Å². The van der Waals surface area contributed by atoms with Gasteiger partial charge in [-0.2, -0.15) is 0 Å². The SMILES string of the molecule is CCCCCCCCCCCCC/C=C/C(O)C(N)COC(=O)CCCCC1=N/C(=C\c2cccn2B(F)F)C=C1. The van der Waals surface area contributed by atoms with Crippen molar-refractivity contribution in [1.29, 1.82) is 0 Å². The molecule has 228 valence electrons. The number of nitrogens with zero attached hydrogens (tertiary/aromatic N) is 2. The van der Waals surface area contributed by atoms with Gasteiger partial charge >= 0.3 is 13.4 Å². The number of hydrogen-bond donors (Lipinski definition) is 2. The molecule has 2 rings (SSSR count). The van der Waals surface area contributed by atoms with E-state index >= 15 is 0 Å². The molecule has 0 aromatic carbocycles. The van der Waals surface area contributed by atoms with E-state index in [0.29, 0.717) is 24.2 Å². The van der Waals surface area contributed by atoms with E-state index in [1.165, 1.54) is 70.4 Å². The predicted octanol–water partition coefficient (Wildman–Crippen LogP) is 7.66. The summed E-state index contributed by atoms with van der Waals surface area (Å²) in [6, 6.07) is 2.54. The van der Waals surface area contributed by atoms with Gasteiger partial charge < -0.3 is 20.1 Å². The highest BCUT2D eigenvalue weighted by molar-refractivity contribution is 6.41. The fourth-order valence-corrected chi connectivity index (χ4v) is 4.74. The summed E-state index contributed by atoms with van der Waals surface area (Å²) in [5.41, 5.74) is 7.86. The number of aliphatic imine (C=N–C) groups is 1. The van der Waals surface area contributed by atoms with Crippen molar-refractivity contribution in [3.05, 3.63) is 54.0 Å². The van der Waals surface area contributed by atoms with Crippen LogP contribution in [0.4, 0.5) is 8.63 Å². The average molecular weight is 574 g/mol. The lowest BCUT2D eigenvalue weighted by molar-refractivity contribution is -0.144. The van der Waals surface area contributed by atoms with Crippen LogP contribution in [0.15, 0.2) is 53.3 Å². The first-order chi connectivity index (χ1) is 19.9. The molecule has 0 bridgehead atoms. The first kappa shape index (κ1) is 34.7. The molecule has 9 heteroatoms. The summed E-state index contributed by atoms with van der Waals surface area (Å²) in [5.74, 6) is -0.338. The molecule has 0 saturated heterocycles. The highest BCUT2D eigenvalue weighted by atomic mass is 19.2. The van der Waals surface area contributed by atoms with Crippen LogP contribution >= 0.6 is 0 Å². The summed E-state index contributed by atoms with van der Waals surface area (Å²) in [5, 5.41) is 10.2. The average Bonchev–Trinajstić information content (AvgIpc) is 3.62. The van der Waals surface area contributed by atoms with Crippen LogP contribution in [-0.2, 0) is 9.53 Å². The molecule has 2 heterocycles. The number of aromatic nitrogens is 1. The Morgan fingerprint density at radius 2 is 1.73 bits per heavy atom. The molecule has 0 saturated carbocycles. The Hall–Kier alpha value is -2.52. The fourth-order valence-electron chi connectivity index (χ4n) is 4.74. The third-order valence-corrected chi connectivity index (χ3v) is 7.28. The number of aliphatic hydroxyl groups excluding tert-OH is 1. The first-order valence-electron chi connectivity index (χ1n) is 15.6. The molecule has 2 unspecified atom stereocenters. The smallest absolute Gasteiger partial charge is 0.464 e. The van der Waals surface area contributed by atoms with Crippen LogP contribution in [0.25, 0.3) is 6.08 Å². The zero-order valence-electron chi connectivity index (χ0n) is 24.9. The fraction of sp³-hybridized carbons (Fsp3) is 0.625. The van der Waals surface area contributed by atoms with Crippen LogP contribution in [0, 0.1) is 0 Å². The Bertz CT molecular complexity index is 991. The van der Waals surface area contributed by atoms with Gasteiger partial charge in [0.2, 0.25) is 0 Å². The van der Waals surface area contributed by atoms with Gasteiger partial charge in [-0.05, 0) is 68.7 Å². The van der Waals surface area contributed by atoms with Gasteiger partial charge in [-0.15, -0.1) is 0 Å². The lowest BCUT2D eigenvalue weighted by Gasteiger charge is -2.15. The summed E-state index contributed by atoms with van der Waals surface area (Å²) in [6.07, 6.45) is 27.1. The molecule has 1 aromatic rings. The molecule has 0 radical (unpaired) electrons. The second kappa shape index (κ2) is 21.2. The zero-order chi connectivity index (χ0) is 29.7. The number of carbonyl (C=O) groups is 1. The standard InChI is InChI=1S/C32H50BF2N3O3/c1-2-3-4-5-6-7-8-9-10-11-12-13-14-20-31(39)30(36)26-41-32(40)21-16-15-18-27-22-23-28(37-27)25-29-19-17-24-38(29)33(34)35/h14,17,19-20,22-25,30-31,39H,2-13,15-16,18,21,26,36H2,1H3/b20-14+,28-25-. The molecule has 1 aliphatic heterocycles. The predicted molar refractivity (Wildman–Crippen MR) is 166 cm³/mol. The van der Waals surface area contributed by atoms with Crippen LogP contribution in [0.1, 0.15) is 115 Å². The van der Waals surface area contributed by atoms with Crippen LogP contribution in [-0.4, -0.2) is 47.4 Å². The largest absolute Gasteiger partial charge is 0.677 e. The van der Waals surface area contributed by atoms with Crippen molar-refractivity contribution in [2.45, 2.75) is 122 Å². The molecule has 6 nitrogen and oxygen atoms in total. The third-order valence-electron chi connectivity index (χ3n) is 7.28. The summed E-state index contributed by atoms with van der Waals surface area (Å²) in [6.45, 7) is 2.23. The molecule has 1 aliphatic rings. The van der Waals surface area contributed by atoms with E-state index in [1.54, 1.807) is 30.4 Å². The summed E-state index contributed by atoms with van der Waals surface area (Å²) >= 11 is 0. The first-order valence-corrected chi connectivity index (χ1v) is 15.6. The van der Waals surface area contributed by atoms with E-state index in [-0.39, 0.29) is 19.0 Å². The van der Waals surface area contributed by atoms with Crippen molar-refractivity contribution in [2.75, 3.05) is 6.61 Å². The molecule has 0 fully saturated rings. The number of ether oxygens (including phenoxy) is 1. The second-order valence-corrected chi connectivity index (χ2v) is 10.9. The monoisotopic (exact) mass is 573 g/mol. The van der Waals surface area contributed by atoms with Crippen LogP contribution in [0.5, 0.6) is 0 Å². The maximum Gasteiger partial charge on any atom is 0.677 e. The van der Waals surface area contributed by atoms with Crippen molar-refractivity contribution < 1.29 is 23.3 Å². The van der Waals surface area contributed by atoms with Crippen molar-refractivity contribution >= 4 is 25.2 Å². The lowest BCUT2D eigenvalue weighted by atomic mass is 10.0. The molecular formula is C32H50BF2N3O3. The molecule has 0 spiro atoms. The number of esters is 1. The van der Waals surface area contributed by atoms with Crippen LogP contribution in [0.3, 0.4) is 0 Å². The van der Waals surface area contributed by atoms with E-state index in [2.05, 4.69) is 11.9 Å². The van der Waals surface area contributed by atoms with E-state index in [9.17, 15) is 18.5 Å². The molecule has 41 heavy (non-hydrogen) atoms. The Balaban J connectivity index is 1.48. The number of nitrogens with two attached hydrogens (primary N) is 1. The minimum Gasteiger partial charge on any atom is -0.464 e. The lowest BCUT2D eigenvalue weighted by Crippen LogP contribution is -2.38. The number of rotatable bonds is 23. The Morgan fingerprint density at radius 1 is 1.05 bits per heavy atom. The van der Waals surface area contributed by atoms with E-state index < -0.39 is 19.5 Å². The maximum absolute atomic E-state index is 13.0. The van der Waals surface area contributed by atoms with Gasteiger partial charge in [0.1, 0.15) is 6.61 Å². The summed E-state index contributed by atoms with van der Waals surface area (Å²) in [7, 11) is -2.59. The normalized spacial score (nSPS) is 15.5. The van der Waals surface area contributed by atoms with Gasteiger partial charge in [0.25, 0.3) is 0 Å². The van der Waals surface area contributed by atoms with Crippen molar-refractivity contribution in [1.82, 2.24) is 4.48 Å². The van der Waals surface area contributed by atoms with E-state index in [1.807, 2.05) is 12.2 Å². The van der Waals surface area contributed by atoms with Gasteiger partial charge in [0.05, 0.1) is 17.8 Å². The number of hydrogen-bond acceptors (Lipinski definition) is 5. The van der Waals surface area contributed by atoms with Crippen molar-refractivity contribution in [3.8, 4) is 0 Å². The number of allylic oxidation sites excluding steroid dienone is 3. The second-order valence-electron chi connectivity index (χ2n) is 10.9. The zero-order valence-corrected chi connectivity index (χ0v) is 24.9. The van der Waals surface area contributed by atoms with Gasteiger partial charge in [0, 0.05) is 17.8 Å². The molecule has 0 amide bonds. The molecule has 2 atom stereocenters. The molecule has 1 aromatic heterocycles. The Kier molecular flexibility index (Phi) is 18.0. The van der Waals surface area contributed by atoms with E-state index in [4.69, 9.17) is 10.5 Å². The molecule has 0 aliphatic carbocycles. The summed E-state index contributed by atoms with van der Waals surface area (Å²) < 4.78 is 32.1. The number of carbonyl (C=O) groups excluding carboxylic acids is 1. The topological polar surface area (TPSA) is 89.8 Å². The van der Waals surface area contributed by atoms with Gasteiger partial charge in [-0.1, -0.05) is 83.3 Å². The molecular weight excluding hydrogens is 523 g/mol. The number of unbranched alkanes of at least 4 members (excludes halogenated alkanes) is 12.